The first-order chi connectivity index (χ1) is 11.3. The van der Waals surface area contributed by atoms with E-state index in [9.17, 15) is 4.79 Å². The van der Waals surface area contributed by atoms with E-state index in [1.165, 1.54) is 30.9 Å². The third-order valence-corrected chi connectivity index (χ3v) is 4.83. The SMILES string of the molecule is CCOC(=O)/C=C(C)/C=C/C=C(\C)CCC1=C(C)CCCC1(C)C. The zero-order chi connectivity index (χ0) is 18.2. The minimum absolute atomic E-state index is 0.276. The predicted octanol–water partition coefficient (Wildman–Crippen LogP) is 6.31. The monoisotopic (exact) mass is 330 g/mol. The summed E-state index contributed by atoms with van der Waals surface area (Å²) in [5.74, 6) is -0.276. The fourth-order valence-electron chi connectivity index (χ4n) is 3.41. The molecule has 0 N–H and O–H groups in total. The third kappa shape index (κ3) is 6.90. The van der Waals surface area contributed by atoms with Gasteiger partial charge in [0.05, 0.1) is 6.61 Å². The highest BCUT2D eigenvalue weighted by Gasteiger charge is 2.27. The Morgan fingerprint density at radius 3 is 2.62 bits per heavy atom. The maximum atomic E-state index is 11.4. The van der Waals surface area contributed by atoms with E-state index < -0.39 is 0 Å². The van der Waals surface area contributed by atoms with Crippen LogP contribution in [0.5, 0.6) is 0 Å². The summed E-state index contributed by atoms with van der Waals surface area (Å²) in [6.45, 7) is 13.4. The van der Waals surface area contributed by atoms with Gasteiger partial charge in [-0.25, -0.2) is 4.79 Å². The Balaban J connectivity index is 2.59. The molecule has 0 radical (unpaired) electrons. The predicted molar refractivity (Wildman–Crippen MR) is 103 cm³/mol. The topological polar surface area (TPSA) is 26.3 Å². The molecule has 0 fully saturated rings. The molecule has 24 heavy (non-hydrogen) atoms. The van der Waals surface area contributed by atoms with Gasteiger partial charge >= 0.3 is 5.97 Å². The molecule has 134 valence electrons. The zero-order valence-electron chi connectivity index (χ0n) is 16.4. The molecule has 0 aromatic carbocycles. The highest BCUT2D eigenvalue weighted by atomic mass is 16.5. The van der Waals surface area contributed by atoms with E-state index in [2.05, 4.69) is 33.8 Å². The van der Waals surface area contributed by atoms with Crippen LogP contribution in [0.3, 0.4) is 0 Å². The summed E-state index contributed by atoms with van der Waals surface area (Å²) in [6.07, 6.45) is 13.8. The number of carbonyl (C=O) groups is 1. The van der Waals surface area contributed by atoms with Crippen molar-refractivity contribution in [1.29, 1.82) is 0 Å². The second-order valence-corrected chi connectivity index (χ2v) is 7.51. The van der Waals surface area contributed by atoms with Crippen LogP contribution in [0.1, 0.15) is 73.6 Å². The van der Waals surface area contributed by atoms with Crippen LogP contribution in [-0.4, -0.2) is 12.6 Å². The van der Waals surface area contributed by atoms with Crippen LogP contribution in [-0.2, 0) is 9.53 Å². The summed E-state index contributed by atoms with van der Waals surface area (Å²) in [4.78, 5) is 11.4. The first-order valence-electron chi connectivity index (χ1n) is 9.14. The minimum Gasteiger partial charge on any atom is -0.463 e. The van der Waals surface area contributed by atoms with E-state index in [-0.39, 0.29) is 5.97 Å². The molecule has 0 unspecified atom stereocenters. The van der Waals surface area contributed by atoms with E-state index in [0.29, 0.717) is 12.0 Å². The highest BCUT2D eigenvalue weighted by molar-refractivity contribution is 5.83. The average molecular weight is 331 g/mol. The number of hydrogen-bond donors (Lipinski definition) is 0. The molecule has 0 heterocycles. The lowest BCUT2D eigenvalue weighted by atomic mass is 9.71. The number of rotatable bonds is 7. The molecule has 1 aliphatic rings. The number of ether oxygens (including phenoxy) is 1. The largest absolute Gasteiger partial charge is 0.463 e. The second kappa shape index (κ2) is 9.66. The van der Waals surface area contributed by atoms with Gasteiger partial charge in [0.2, 0.25) is 0 Å². The van der Waals surface area contributed by atoms with Crippen LogP contribution in [0.2, 0.25) is 0 Å². The molecule has 1 aliphatic carbocycles. The molecule has 0 aromatic rings. The molecule has 2 nitrogen and oxygen atoms in total. The van der Waals surface area contributed by atoms with Crippen LogP contribution >= 0.6 is 0 Å². The Morgan fingerprint density at radius 1 is 1.29 bits per heavy atom. The molecule has 0 atom stereocenters. The van der Waals surface area contributed by atoms with Crippen molar-refractivity contribution >= 4 is 5.97 Å². The van der Waals surface area contributed by atoms with Crippen molar-refractivity contribution in [3.8, 4) is 0 Å². The first kappa shape index (κ1) is 20.5. The van der Waals surface area contributed by atoms with Crippen molar-refractivity contribution in [2.45, 2.75) is 73.6 Å². The molecule has 0 aromatic heterocycles. The number of allylic oxidation sites excluding steroid dienone is 7. The minimum atomic E-state index is -0.276. The first-order valence-corrected chi connectivity index (χ1v) is 9.14. The van der Waals surface area contributed by atoms with Gasteiger partial charge in [-0.3, -0.25) is 0 Å². The molecule has 0 bridgehead atoms. The second-order valence-electron chi connectivity index (χ2n) is 7.51. The molecule has 2 heteroatoms. The number of esters is 1. The maximum Gasteiger partial charge on any atom is 0.330 e. The van der Waals surface area contributed by atoms with Crippen molar-refractivity contribution in [2.24, 2.45) is 5.41 Å². The number of carbonyl (C=O) groups excluding carboxylic acids is 1. The molecule has 0 saturated carbocycles. The smallest absolute Gasteiger partial charge is 0.330 e. The Labute approximate surface area is 148 Å². The number of hydrogen-bond acceptors (Lipinski definition) is 2. The lowest BCUT2D eigenvalue weighted by Gasteiger charge is -2.34. The Bertz CT molecular complexity index is 557. The van der Waals surface area contributed by atoms with Gasteiger partial charge in [0.25, 0.3) is 0 Å². The van der Waals surface area contributed by atoms with Crippen LogP contribution in [0.25, 0.3) is 0 Å². The van der Waals surface area contributed by atoms with Crippen LogP contribution in [0.15, 0.2) is 46.6 Å². The molecule has 0 spiro atoms. The van der Waals surface area contributed by atoms with E-state index >= 15 is 0 Å². The lowest BCUT2D eigenvalue weighted by molar-refractivity contribution is -0.137. The fraction of sp³-hybridized carbons (Fsp3) is 0.591. The molecule has 0 aliphatic heterocycles. The lowest BCUT2D eigenvalue weighted by Crippen LogP contribution is -2.20. The molecule has 1 rings (SSSR count). The van der Waals surface area contributed by atoms with E-state index in [1.54, 1.807) is 11.1 Å². The van der Waals surface area contributed by atoms with Crippen LogP contribution in [0, 0.1) is 5.41 Å². The highest BCUT2D eigenvalue weighted by Crippen LogP contribution is 2.42. The van der Waals surface area contributed by atoms with Gasteiger partial charge in [0.15, 0.2) is 0 Å². The fourth-order valence-corrected chi connectivity index (χ4v) is 3.41. The standard InChI is InChI=1S/C22H34O2/c1-7-24-21(23)16-18(3)11-8-10-17(2)13-14-20-19(4)12-9-15-22(20,5)6/h8,10-11,16H,7,9,12-15H2,1-6H3/b11-8+,17-10+,18-16+. The van der Waals surface area contributed by atoms with Gasteiger partial charge < -0.3 is 4.74 Å². The van der Waals surface area contributed by atoms with Crippen molar-refractivity contribution < 1.29 is 9.53 Å². The molecule has 0 saturated heterocycles. The van der Waals surface area contributed by atoms with Gasteiger partial charge in [-0.2, -0.15) is 0 Å². The Morgan fingerprint density at radius 2 is 2.00 bits per heavy atom. The Kier molecular flexibility index (Phi) is 8.24. The van der Waals surface area contributed by atoms with Crippen molar-refractivity contribution in [1.82, 2.24) is 0 Å². The summed E-state index contributed by atoms with van der Waals surface area (Å²) in [7, 11) is 0. The van der Waals surface area contributed by atoms with Gasteiger partial charge in [-0.1, -0.05) is 48.8 Å². The van der Waals surface area contributed by atoms with Gasteiger partial charge in [-0.15, -0.1) is 0 Å². The zero-order valence-corrected chi connectivity index (χ0v) is 16.4. The maximum absolute atomic E-state index is 11.4. The van der Waals surface area contributed by atoms with E-state index in [1.807, 2.05) is 26.0 Å². The summed E-state index contributed by atoms with van der Waals surface area (Å²) >= 11 is 0. The molecule has 0 amide bonds. The average Bonchev–Trinajstić information content (AvgIpc) is 2.46. The normalized spacial score (nSPS) is 19.1. The van der Waals surface area contributed by atoms with Crippen molar-refractivity contribution in [2.75, 3.05) is 6.61 Å². The van der Waals surface area contributed by atoms with E-state index in [0.717, 1.165) is 18.4 Å². The van der Waals surface area contributed by atoms with Gasteiger partial charge in [0.1, 0.15) is 0 Å². The molecular formula is C22H34O2. The van der Waals surface area contributed by atoms with Crippen LogP contribution in [0.4, 0.5) is 0 Å². The van der Waals surface area contributed by atoms with Gasteiger partial charge in [0, 0.05) is 6.08 Å². The summed E-state index contributed by atoms with van der Waals surface area (Å²) in [5, 5.41) is 0. The summed E-state index contributed by atoms with van der Waals surface area (Å²) < 4.78 is 4.91. The van der Waals surface area contributed by atoms with Crippen molar-refractivity contribution in [3.63, 3.8) is 0 Å². The van der Waals surface area contributed by atoms with Crippen molar-refractivity contribution in [3.05, 3.63) is 46.6 Å². The quantitative estimate of drug-likeness (QED) is 0.237. The van der Waals surface area contributed by atoms with Crippen LogP contribution < -0.4 is 0 Å². The summed E-state index contributed by atoms with van der Waals surface area (Å²) in [5.41, 5.74) is 5.89. The third-order valence-electron chi connectivity index (χ3n) is 4.83. The van der Waals surface area contributed by atoms with E-state index in [4.69, 9.17) is 4.74 Å². The Hall–Kier alpha value is -1.57. The summed E-state index contributed by atoms with van der Waals surface area (Å²) in [6, 6.07) is 0. The van der Waals surface area contributed by atoms with Gasteiger partial charge in [-0.05, 0) is 70.8 Å². The molecular weight excluding hydrogens is 296 g/mol.